The van der Waals surface area contributed by atoms with Crippen LogP contribution in [0.4, 0.5) is 0 Å². The molecule has 0 fully saturated rings. The first-order valence-corrected chi connectivity index (χ1v) is 6.02. The Morgan fingerprint density at radius 1 is 1.33 bits per heavy atom. The molecule has 0 bridgehead atoms. The second kappa shape index (κ2) is 6.99. The normalized spacial score (nSPS) is 12.7. The van der Waals surface area contributed by atoms with Crippen LogP contribution < -0.4 is 5.32 Å². The van der Waals surface area contributed by atoms with Crippen molar-refractivity contribution in [3.8, 4) is 0 Å². The first-order chi connectivity index (χ1) is 7.26. The van der Waals surface area contributed by atoms with E-state index in [4.69, 9.17) is 4.74 Å². The molecule has 0 radical (unpaired) electrons. The van der Waals surface area contributed by atoms with Crippen molar-refractivity contribution in [1.29, 1.82) is 0 Å². The van der Waals surface area contributed by atoms with Crippen LogP contribution in [0.1, 0.15) is 18.9 Å². The molecule has 0 aliphatic carbocycles. The third-order valence-electron chi connectivity index (χ3n) is 2.37. The van der Waals surface area contributed by atoms with Gasteiger partial charge in [-0.05, 0) is 24.1 Å². The van der Waals surface area contributed by atoms with E-state index in [1.54, 1.807) is 7.11 Å². The monoisotopic (exact) mass is 271 g/mol. The average Bonchev–Trinajstić information content (AvgIpc) is 2.26. The molecule has 0 saturated heterocycles. The summed E-state index contributed by atoms with van der Waals surface area (Å²) >= 11 is 3.42. The smallest absolute Gasteiger partial charge is 0.0615 e. The summed E-state index contributed by atoms with van der Waals surface area (Å²) < 4.78 is 6.25. The van der Waals surface area contributed by atoms with Crippen LogP contribution in [0.25, 0.3) is 0 Å². The van der Waals surface area contributed by atoms with Gasteiger partial charge in [0.2, 0.25) is 0 Å². The van der Waals surface area contributed by atoms with Crippen molar-refractivity contribution >= 4 is 15.9 Å². The fourth-order valence-corrected chi connectivity index (χ4v) is 1.65. The number of ether oxygens (including phenoxy) is 1. The van der Waals surface area contributed by atoms with Crippen molar-refractivity contribution in [1.82, 2.24) is 5.32 Å². The average molecular weight is 272 g/mol. The summed E-state index contributed by atoms with van der Waals surface area (Å²) in [6, 6.07) is 8.81. The summed E-state index contributed by atoms with van der Waals surface area (Å²) in [5.41, 5.74) is 1.30. The topological polar surface area (TPSA) is 21.3 Å². The van der Waals surface area contributed by atoms with E-state index in [-0.39, 0.29) is 0 Å². The number of methoxy groups -OCH3 is 1. The van der Waals surface area contributed by atoms with E-state index in [0.717, 1.165) is 24.0 Å². The first kappa shape index (κ1) is 12.7. The third-order valence-corrected chi connectivity index (χ3v) is 2.90. The standard InChI is InChI=1S/C12H18BrNO/c1-3-12(9-15-2)14-8-10-4-6-11(13)7-5-10/h4-7,12,14H,3,8-9H2,1-2H3/t12-/m1/s1. The van der Waals surface area contributed by atoms with Crippen LogP contribution in [0, 0.1) is 0 Å². The number of hydrogen-bond donors (Lipinski definition) is 1. The van der Waals surface area contributed by atoms with Gasteiger partial charge >= 0.3 is 0 Å². The van der Waals surface area contributed by atoms with Crippen molar-refractivity contribution in [3.63, 3.8) is 0 Å². The van der Waals surface area contributed by atoms with Crippen LogP contribution >= 0.6 is 15.9 Å². The molecule has 0 unspecified atom stereocenters. The molecule has 0 heterocycles. The molecule has 1 aromatic rings. The van der Waals surface area contributed by atoms with Crippen LogP contribution in [-0.2, 0) is 11.3 Å². The van der Waals surface area contributed by atoms with Gasteiger partial charge in [-0.25, -0.2) is 0 Å². The van der Waals surface area contributed by atoms with E-state index in [9.17, 15) is 0 Å². The maximum absolute atomic E-state index is 5.13. The number of nitrogens with one attached hydrogen (secondary N) is 1. The lowest BCUT2D eigenvalue weighted by molar-refractivity contribution is 0.164. The fourth-order valence-electron chi connectivity index (χ4n) is 1.39. The van der Waals surface area contributed by atoms with E-state index < -0.39 is 0 Å². The number of rotatable bonds is 6. The predicted molar refractivity (Wildman–Crippen MR) is 66.9 cm³/mol. The van der Waals surface area contributed by atoms with Crippen LogP contribution in [0.15, 0.2) is 28.7 Å². The van der Waals surface area contributed by atoms with Gasteiger partial charge in [-0.15, -0.1) is 0 Å². The van der Waals surface area contributed by atoms with Gasteiger partial charge in [0.25, 0.3) is 0 Å². The highest BCUT2D eigenvalue weighted by molar-refractivity contribution is 9.10. The fraction of sp³-hybridized carbons (Fsp3) is 0.500. The van der Waals surface area contributed by atoms with E-state index >= 15 is 0 Å². The van der Waals surface area contributed by atoms with Gasteiger partial charge in [0.15, 0.2) is 0 Å². The van der Waals surface area contributed by atoms with E-state index in [2.05, 4.69) is 52.4 Å². The van der Waals surface area contributed by atoms with Crippen LogP contribution in [0.2, 0.25) is 0 Å². The molecule has 0 spiro atoms. The summed E-state index contributed by atoms with van der Waals surface area (Å²) in [5.74, 6) is 0. The Bertz CT molecular complexity index is 273. The largest absolute Gasteiger partial charge is 0.383 e. The number of halogens is 1. The lowest BCUT2D eigenvalue weighted by atomic mass is 10.2. The van der Waals surface area contributed by atoms with Crippen LogP contribution in [0.5, 0.6) is 0 Å². The van der Waals surface area contributed by atoms with Gasteiger partial charge in [-0.3, -0.25) is 0 Å². The Labute approximate surface area is 100 Å². The molecule has 1 rings (SSSR count). The highest BCUT2D eigenvalue weighted by Gasteiger charge is 2.04. The SMILES string of the molecule is CC[C@H](COC)NCc1ccc(Br)cc1. The molecule has 1 aromatic carbocycles. The van der Waals surface area contributed by atoms with Gasteiger partial charge in [-0.2, -0.15) is 0 Å². The molecule has 0 aromatic heterocycles. The second-order valence-electron chi connectivity index (χ2n) is 3.57. The zero-order valence-corrected chi connectivity index (χ0v) is 10.9. The maximum atomic E-state index is 5.13. The molecular formula is C12H18BrNO. The van der Waals surface area contributed by atoms with Gasteiger partial charge in [0, 0.05) is 24.2 Å². The Morgan fingerprint density at radius 2 is 2.00 bits per heavy atom. The minimum absolute atomic E-state index is 0.443. The Balaban J connectivity index is 2.38. The lowest BCUT2D eigenvalue weighted by Crippen LogP contribution is -2.31. The molecule has 0 saturated carbocycles. The first-order valence-electron chi connectivity index (χ1n) is 5.23. The molecular weight excluding hydrogens is 254 g/mol. The van der Waals surface area contributed by atoms with Gasteiger partial charge in [0.05, 0.1) is 6.61 Å². The predicted octanol–water partition coefficient (Wildman–Crippen LogP) is 2.96. The highest BCUT2D eigenvalue weighted by Crippen LogP contribution is 2.10. The molecule has 0 aliphatic rings. The molecule has 0 aliphatic heterocycles. The molecule has 0 amide bonds. The van der Waals surface area contributed by atoms with Crippen LogP contribution in [-0.4, -0.2) is 19.8 Å². The quantitative estimate of drug-likeness (QED) is 0.859. The maximum Gasteiger partial charge on any atom is 0.0615 e. The summed E-state index contributed by atoms with van der Waals surface area (Å²) in [4.78, 5) is 0. The second-order valence-corrected chi connectivity index (χ2v) is 4.48. The zero-order valence-electron chi connectivity index (χ0n) is 9.29. The Morgan fingerprint density at radius 3 is 2.53 bits per heavy atom. The minimum atomic E-state index is 0.443. The van der Waals surface area contributed by atoms with Gasteiger partial charge < -0.3 is 10.1 Å². The molecule has 84 valence electrons. The Hall–Kier alpha value is -0.380. The number of benzene rings is 1. The molecule has 1 atom stereocenters. The van der Waals surface area contributed by atoms with Crippen molar-refractivity contribution in [3.05, 3.63) is 34.3 Å². The van der Waals surface area contributed by atoms with E-state index in [1.807, 2.05) is 0 Å². The summed E-state index contributed by atoms with van der Waals surface area (Å²) in [5, 5.41) is 3.47. The van der Waals surface area contributed by atoms with Crippen molar-refractivity contribution in [2.75, 3.05) is 13.7 Å². The van der Waals surface area contributed by atoms with Gasteiger partial charge in [0.1, 0.15) is 0 Å². The zero-order chi connectivity index (χ0) is 11.1. The lowest BCUT2D eigenvalue weighted by Gasteiger charge is -2.15. The van der Waals surface area contributed by atoms with E-state index in [0.29, 0.717) is 6.04 Å². The molecule has 3 heteroatoms. The molecule has 15 heavy (non-hydrogen) atoms. The minimum Gasteiger partial charge on any atom is -0.383 e. The van der Waals surface area contributed by atoms with E-state index in [1.165, 1.54) is 5.56 Å². The summed E-state index contributed by atoms with van der Waals surface area (Å²) in [6.07, 6.45) is 1.09. The molecule has 1 N–H and O–H groups in total. The van der Waals surface area contributed by atoms with Crippen molar-refractivity contribution < 1.29 is 4.74 Å². The molecule has 2 nitrogen and oxygen atoms in total. The van der Waals surface area contributed by atoms with Crippen molar-refractivity contribution in [2.24, 2.45) is 0 Å². The Kier molecular flexibility index (Phi) is 5.91. The third kappa shape index (κ3) is 4.78. The van der Waals surface area contributed by atoms with Crippen molar-refractivity contribution in [2.45, 2.75) is 25.9 Å². The summed E-state index contributed by atoms with van der Waals surface area (Å²) in [6.45, 7) is 3.83. The number of hydrogen-bond acceptors (Lipinski definition) is 2. The highest BCUT2D eigenvalue weighted by atomic mass is 79.9. The van der Waals surface area contributed by atoms with Crippen LogP contribution in [0.3, 0.4) is 0 Å². The summed E-state index contributed by atoms with van der Waals surface area (Å²) in [7, 11) is 1.74. The van der Waals surface area contributed by atoms with Gasteiger partial charge in [-0.1, -0.05) is 35.0 Å².